The number of fused-ring (bicyclic) bond motifs is 1. The van der Waals surface area contributed by atoms with Gasteiger partial charge in [-0.3, -0.25) is 4.79 Å². The van der Waals surface area contributed by atoms with E-state index in [0.29, 0.717) is 25.0 Å². The van der Waals surface area contributed by atoms with Crippen molar-refractivity contribution >= 4 is 43.5 Å². The van der Waals surface area contributed by atoms with Gasteiger partial charge in [0.1, 0.15) is 16.1 Å². The number of aromatic nitrogens is 1. The second-order valence-corrected chi connectivity index (χ2v) is 9.97. The average Bonchev–Trinajstić information content (AvgIpc) is 3.18. The summed E-state index contributed by atoms with van der Waals surface area (Å²) in [4.78, 5) is 26.9. The molecule has 4 rings (SSSR count). The molecule has 0 aliphatic heterocycles. The SMILES string of the molecule is CCOC(=O)c1cn(Cc2ccccc2OC)c2sc(Br)c(CNCc3ccccc3)c2c1=O. The third-order valence-electron chi connectivity index (χ3n) is 5.46. The van der Waals surface area contributed by atoms with Crippen LogP contribution in [0.4, 0.5) is 0 Å². The lowest BCUT2D eigenvalue weighted by Crippen LogP contribution is -2.22. The summed E-state index contributed by atoms with van der Waals surface area (Å²) in [6, 6.07) is 17.8. The van der Waals surface area contributed by atoms with Crippen LogP contribution in [0.1, 0.15) is 34.0 Å². The number of rotatable bonds is 9. The molecular weight excluding hydrogens is 516 g/mol. The van der Waals surface area contributed by atoms with Crippen LogP contribution in [-0.4, -0.2) is 24.3 Å². The lowest BCUT2D eigenvalue weighted by molar-refractivity contribution is 0.0524. The fourth-order valence-corrected chi connectivity index (χ4v) is 5.66. The molecular formula is C26H25BrN2O4S. The highest BCUT2D eigenvalue weighted by atomic mass is 79.9. The number of ether oxygens (including phenoxy) is 2. The minimum atomic E-state index is -0.617. The quantitative estimate of drug-likeness (QED) is 0.290. The number of methoxy groups -OCH3 is 1. The van der Waals surface area contributed by atoms with Crippen molar-refractivity contribution in [2.24, 2.45) is 0 Å². The van der Waals surface area contributed by atoms with Crippen LogP contribution in [0.3, 0.4) is 0 Å². The van der Waals surface area contributed by atoms with Crippen LogP contribution in [0.25, 0.3) is 10.2 Å². The summed E-state index contributed by atoms with van der Waals surface area (Å²) < 4.78 is 13.5. The average molecular weight is 541 g/mol. The number of esters is 1. The van der Waals surface area contributed by atoms with Crippen LogP contribution in [0.5, 0.6) is 5.75 Å². The predicted octanol–water partition coefficient (Wildman–Crippen LogP) is 5.35. The van der Waals surface area contributed by atoms with E-state index in [-0.39, 0.29) is 17.6 Å². The summed E-state index contributed by atoms with van der Waals surface area (Å²) in [5.41, 5.74) is 2.64. The van der Waals surface area contributed by atoms with Gasteiger partial charge < -0.3 is 19.4 Å². The summed E-state index contributed by atoms with van der Waals surface area (Å²) in [7, 11) is 1.63. The van der Waals surface area contributed by atoms with Crippen molar-refractivity contribution in [3.05, 3.63) is 97.1 Å². The third kappa shape index (κ3) is 5.09. The van der Waals surface area contributed by atoms with Crippen LogP contribution in [0.15, 0.2) is 69.4 Å². The second kappa shape index (κ2) is 11.0. The molecule has 0 radical (unpaired) electrons. The number of carbonyl (C=O) groups is 1. The highest BCUT2D eigenvalue weighted by Crippen LogP contribution is 2.35. The lowest BCUT2D eigenvalue weighted by atomic mass is 10.1. The van der Waals surface area contributed by atoms with E-state index < -0.39 is 5.97 Å². The van der Waals surface area contributed by atoms with Gasteiger partial charge in [-0.15, -0.1) is 11.3 Å². The number of nitrogens with zero attached hydrogens (tertiary/aromatic N) is 1. The van der Waals surface area contributed by atoms with E-state index in [0.717, 1.165) is 31.1 Å². The van der Waals surface area contributed by atoms with Crippen molar-refractivity contribution in [1.82, 2.24) is 9.88 Å². The van der Waals surface area contributed by atoms with E-state index in [1.807, 2.05) is 59.2 Å². The molecule has 0 saturated carbocycles. The first-order valence-electron chi connectivity index (χ1n) is 10.9. The monoisotopic (exact) mass is 540 g/mol. The molecule has 0 fully saturated rings. The molecule has 0 saturated heterocycles. The smallest absolute Gasteiger partial charge is 0.343 e. The number of pyridine rings is 1. The van der Waals surface area contributed by atoms with Crippen molar-refractivity contribution in [2.75, 3.05) is 13.7 Å². The Bertz CT molecular complexity index is 1360. The van der Waals surface area contributed by atoms with E-state index in [4.69, 9.17) is 9.47 Å². The molecule has 4 aromatic rings. The molecule has 0 amide bonds. The molecule has 0 bridgehead atoms. The summed E-state index contributed by atoms with van der Waals surface area (Å²) >= 11 is 5.13. The highest BCUT2D eigenvalue weighted by molar-refractivity contribution is 9.11. The van der Waals surface area contributed by atoms with Crippen molar-refractivity contribution in [3.8, 4) is 5.75 Å². The number of carbonyl (C=O) groups excluding carboxylic acids is 1. The summed E-state index contributed by atoms with van der Waals surface area (Å²) in [5.74, 6) is 0.126. The van der Waals surface area contributed by atoms with Crippen molar-refractivity contribution in [3.63, 3.8) is 0 Å². The zero-order valence-electron chi connectivity index (χ0n) is 19.0. The van der Waals surface area contributed by atoms with Crippen LogP contribution in [0.2, 0.25) is 0 Å². The first-order valence-corrected chi connectivity index (χ1v) is 12.5. The fourth-order valence-electron chi connectivity index (χ4n) is 3.84. The summed E-state index contributed by atoms with van der Waals surface area (Å²) in [6.45, 7) is 3.51. The molecule has 6 nitrogen and oxygen atoms in total. The largest absolute Gasteiger partial charge is 0.496 e. The van der Waals surface area contributed by atoms with Crippen molar-refractivity contribution in [2.45, 2.75) is 26.6 Å². The molecule has 8 heteroatoms. The lowest BCUT2D eigenvalue weighted by Gasteiger charge is -2.14. The maximum atomic E-state index is 13.5. The second-order valence-electron chi connectivity index (χ2n) is 7.66. The van der Waals surface area contributed by atoms with Crippen molar-refractivity contribution < 1.29 is 14.3 Å². The van der Waals surface area contributed by atoms with Gasteiger partial charge in [0, 0.05) is 30.4 Å². The first-order chi connectivity index (χ1) is 16.5. The van der Waals surface area contributed by atoms with Gasteiger partial charge in [0.15, 0.2) is 0 Å². The van der Waals surface area contributed by atoms with E-state index in [2.05, 4.69) is 21.2 Å². The molecule has 0 aliphatic rings. The number of halogens is 1. The number of nitrogens with one attached hydrogen (secondary N) is 1. The zero-order valence-corrected chi connectivity index (χ0v) is 21.4. The molecule has 0 atom stereocenters. The van der Waals surface area contributed by atoms with Gasteiger partial charge in [-0.2, -0.15) is 0 Å². The summed E-state index contributed by atoms with van der Waals surface area (Å²) in [5, 5.41) is 3.94. The zero-order chi connectivity index (χ0) is 24.1. The Labute approximate surface area is 210 Å². The first kappa shape index (κ1) is 24.2. The van der Waals surface area contributed by atoms with Gasteiger partial charge >= 0.3 is 5.97 Å². The van der Waals surface area contributed by atoms with Gasteiger partial charge in [-0.25, -0.2) is 4.79 Å². The Kier molecular flexibility index (Phi) is 7.82. The molecule has 0 unspecified atom stereocenters. The van der Waals surface area contributed by atoms with Gasteiger partial charge in [0.25, 0.3) is 0 Å². The maximum Gasteiger partial charge on any atom is 0.343 e. The topological polar surface area (TPSA) is 69.6 Å². The number of hydrogen-bond acceptors (Lipinski definition) is 6. The molecule has 0 aliphatic carbocycles. The molecule has 176 valence electrons. The van der Waals surface area contributed by atoms with Crippen LogP contribution in [0, 0.1) is 0 Å². The van der Waals surface area contributed by atoms with Gasteiger partial charge in [0.2, 0.25) is 5.43 Å². The van der Waals surface area contributed by atoms with Gasteiger partial charge in [-0.1, -0.05) is 48.5 Å². The van der Waals surface area contributed by atoms with Crippen LogP contribution < -0.4 is 15.5 Å². The number of hydrogen-bond donors (Lipinski definition) is 1. The Morgan fingerprint density at radius 1 is 1.09 bits per heavy atom. The minimum Gasteiger partial charge on any atom is -0.496 e. The Morgan fingerprint density at radius 3 is 2.56 bits per heavy atom. The molecule has 2 heterocycles. The minimum absolute atomic E-state index is 0.0267. The standard InChI is InChI=1S/C26H25BrN2O4S/c1-3-33-26(31)20-16-29(15-18-11-7-8-12-21(18)32-2)25-22(23(20)30)19(24(27)34-25)14-28-13-17-9-5-4-6-10-17/h4-12,16,28H,3,13-15H2,1-2H3. The van der Waals surface area contributed by atoms with E-state index in [1.165, 1.54) is 11.3 Å². The van der Waals surface area contributed by atoms with Crippen LogP contribution in [-0.2, 0) is 24.4 Å². The number of thiophene rings is 1. The van der Waals surface area contributed by atoms with Gasteiger partial charge in [0.05, 0.1) is 29.4 Å². The van der Waals surface area contributed by atoms with Crippen LogP contribution >= 0.6 is 27.3 Å². The number of benzene rings is 2. The third-order valence-corrected chi connectivity index (χ3v) is 7.48. The molecule has 2 aromatic heterocycles. The van der Waals surface area contributed by atoms with E-state index in [1.54, 1.807) is 20.2 Å². The molecule has 2 aromatic carbocycles. The number of para-hydroxylation sites is 1. The Hall–Kier alpha value is -2.94. The normalized spacial score (nSPS) is 11.0. The van der Waals surface area contributed by atoms with Crippen molar-refractivity contribution in [1.29, 1.82) is 0 Å². The molecule has 1 N–H and O–H groups in total. The Morgan fingerprint density at radius 2 is 1.82 bits per heavy atom. The maximum absolute atomic E-state index is 13.5. The van der Waals surface area contributed by atoms with E-state index in [9.17, 15) is 9.59 Å². The summed E-state index contributed by atoms with van der Waals surface area (Å²) in [6.07, 6.45) is 1.60. The van der Waals surface area contributed by atoms with E-state index >= 15 is 0 Å². The molecule has 0 spiro atoms. The predicted molar refractivity (Wildman–Crippen MR) is 139 cm³/mol. The fraction of sp³-hybridized carbons (Fsp3) is 0.231. The highest BCUT2D eigenvalue weighted by Gasteiger charge is 2.23. The van der Waals surface area contributed by atoms with Gasteiger partial charge in [-0.05, 0) is 34.5 Å². The Balaban J connectivity index is 1.78. The molecule has 34 heavy (non-hydrogen) atoms.